The maximum Gasteiger partial charge on any atom is 0.269 e. The van der Waals surface area contributed by atoms with Gasteiger partial charge in [-0.15, -0.1) is 0 Å². The van der Waals surface area contributed by atoms with E-state index in [1.807, 2.05) is 24.3 Å². The number of hydrogen-bond acceptors (Lipinski definition) is 4. The number of carbonyl (C=O) groups excluding carboxylic acids is 1. The number of rotatable bonds is 7. The summed E-state index contributed by atoms with van der Waals surface area (Å²) < 4.78 is 12.7. The lowest BCUT2D eigenvalue weighted by molar-refractivity contribution is 0.0106. The van der Waals surface area contributed by atoms with Crippen molar-refractivity contribution in [3.8, 4) is 0 Å². The molecule has 0 radical (unpaired) electrons. The zero-order valence-corrected chi connectivity index (χ0v) is 14.3. The van der Waals surface area contributed by atoms with E-state index in [4.69, 9.17) is 9.47 Å². The zero-order valence-electron chi connectivity index (χ0n) is 14.3. The molecule has 7 nitrogen and oxygen atoms in total. The van der Waals surface area contributed by atoms with Gasteiger partial charge in [0.1, 0.15) is 5.69 Å². The first kappa shape index (κ1) is 17.4. The fraction of sp³-hybridized carbons (Fsp3) is 0.444. The lowest BCUT2D eigenvalue weighted by Gasteiger charge is -2.11. The van der Waals surface area contributed by atoms with Gasteiger partial charge in [-0.1, -0.05) is 24.3 Å². The summed E-state index contributed by atoms with van der Waals surface area (Å²) in [4.78, 5) is 23.4. The molecule has 0 saturated carbocycles. The van der Waals surface area contributed by atoms with Crippen LogP contribution in [0.3, 0.4) is 0 Å². The molecule has 25 heavy (non-hydrogen) atoms. The maximum atomic E-state index is 12.1. The van der Waals surface area contributed by atoms with Crippen LogP contribution in [0.15, 0.2) is 35.1 Å². The number of hydrogen-bond donors (Lipinski definition) is 2. The van der Waals surface area contributed by atoms with Crippen LogP contribution in [-0.2, 0) is 29.7 Å². The van der Waals surface area contributed by atoms with Crippen molar-refractivity contribution in [1.82, 2.24) is 15.1 Å². The highest BCUT2D eigenvalue weighted by Gasteiger charge is 2.15. The van der Waals surface area contributed by atoms with Crippen LogP contribution in [0, 0.1) is 0 Å². The molecule has 1 aliphatic heterocycles. The molecular weight excluding hydrogens is 322 g/mol. The summed E-state index contributed by atoms with van der Waals surface area (Å²) >= 11 is 0. The number of carbonyl (C=O) groups is 1. The van der Waals surface area contributed by atoms with Crippen LogP contribution in [0.1, 0.15) is 34.5 Å². The van der Waals surface area contributed by atoms with Crippen LogP contribution in [0.25, 0.3) is 0 Å². The largest absolute Gasteiger partial charge is 0.376 e. The van der Waals surface area contributed by atoms with Crippen LogP contribution in [0.4, 0.5) is 0 Å². The average molecular weight is 345 g/mol. The van der Waals surface area contributed by atoms with Crippen molar-refractivity contribution in [3.63, 3.8) is 0 Å². The van der Waals surface area contributed by atoms with E-state index in [1.54, 1.807) is 7.05 Å². The lowest BCUT2D eigenvalue weighted by Crippen LogP contribution is -2.25. The van der Waals surface area contributed by atoms with Crippen molar-refractivity contribution in [2.75, 3.05) is 13.2 Å². The summed E-state index contributed by atoms with van der Waals surface area (Å²) in [6, 6.07) is 9.17. The molecule has 0 aliphatic carbocycles. The van der Waals surface area contributed by atoms with Gasteiger partial charge < -0.3 is 14.8 Å². The van der Waals surface area contributed by atoms with E-state index in [0.717, 1.165) is 30.6 Å². The Morgan fingerprint density at radius 2 is 2.24 bits per heavy atom. The fourth-order valence-electron chi connectivity index (χ4n) is 2.88. The molecule has 1 amide bonds. The second-order valence-corrected chi connectivity index (χ2v) is 6.22. The molecule has 1 aromatic heterocycles. The molecule has 3 rings (SSSR count). The predicted octanol–water partition coefficient (Wildman–Crippen LogP) is 1.34. The molecule has 1 aliphatic rings. The average Bonchev–Trinajstić information content (AvgIpc) is 3.22. The molecule has 1 fully saturated rings. The lowest BCUT2D eigenvalue weighted by atomic mass is 10.1. The summed E-state index contributed by atoms with van der Waals surface area (Å²) in [6.07, 6.45) is 2.39. The van der Waals surface area contributed by atoms with Crippen molar-refractivity contribution < 1.29 is 14.3 Å². The SMILES string of the molecule is Cn1[nH]c(=O)cc1C(=O)NCc1cccc(COCC2CCCO2)c1. The topological polar surface area (TPSA) is 85.4 Å². The second kappa shape index (κ2) is 8.13. The van der Waals surface area contributed by atoms with Crippen molar-refractivity contribution in [2.24, 2.45) is 7.05 Å². The molecule has 2 aromatic rings. The molecule has 2 N–H and O–H groups in total. The third-order valence-corrected chi connectivity index (χ3v) is 4.18. The van der Waals surface area contributed by atoms with Crippen molar-refractivity contribution >= 4 is 5.91 Å². The number of H-pyrrole nitrogens is 1. The highest BCUT2D eigenvalue weighted by atomic mass is 16.5. The van der Waals surface area contributed by atoms with Gasteiger partial charge in [0.05, 0.1) is 19.3 Å². The second-order valence-electron chi connectivity index (χ2n) is 6.22. The zero-order chi connectivity index (χ0) is 17.6. The monoisotopic (exact) mass is 345 g/mol. The minimum absolute atomic E-state index is 0.218. The van der Waals surface area contributed by atoms with Crippen LogP contribution in [0.5, 0.6) is 0 Å². The van der Waals surface area contributed by atoms with Crippen molar-refractivity contribution in [1.29, 1.82) is 0 Å². The highest BCUT2D eigenvalue weighted by Crippen LogP contribution is 2.13. The van der Waals surface area contributed by atoms with Crippen LogP contribution in [0.2, 0.25) is 0 Å². The number of ether oxygens (including phenoxy) is 2. The minimum Gasteiger partial charge on any atom is -0.376 e. The number of amides is 1. The third kappa shape index (κ3) is 4.80. The molecule has 0 bridgehead atoms. The van der Waals surface area contributed by atoms with Crippen molar-refractivity contribution in [2.45, 2.75) is 32.1 Å². The van der Waals surface area contributed by atoms with E-state index in [9.17, 15) is 9.59 Å². The first-order valence-corrected chi connectivity index (χ1v) is 8.43. The van der Waals surface area contributed by atoms with Crippen LogP contribution in [-0.4, -0.2) is 35.0 Å². The van der Waals surface area contributed by atoms with Crippen LogP contribution < -0.4 is 10.9 Å². The Morgan fingerprint density at radius 1 is 1.40 bits per heavy atom. The van der Waals surface area contributed by atoms with E-state index in [1.165, 1.54) is 10.7 Å². The molecule has 7 heteroatoms. The Balaban J connectivity index is 1.50. The summed E-state index contributed by atoms with van der Waals surface area (Å²) in [7, 11) is 1.63. The molecule has 1 atom stereocenters. The summed E-state index contributed by atoms with van der Waals surface area (Å²) in [5.41, 5.74) is 2.05. The van der Waals surface area contributed by atoms with Gasteiger partial charge in [-0.05, 0) is 24.0 Å². The van der Waals surface area contributed by atoms with E-state index >= 15 is 0 Å². The number of aryl methyl sites for hydroxylation is 1. The van der Waals surface area contributed by atoms with Gasteiger partial charge in [0, 0.05) is 26.3 Å². The van der Waals surface area contributed by atoms with Gasteiger partial charge in [-0.2, -0.15) is 0 Å². The molecular formula is C18H23N3O4. The molecule has 0 spiro atoms. The first-order chi connectivity index (χ1) is 12.1. The molecule has 134 valence electrons. The van der Waals surface area contributed by atoms with Gasteiger partial charge in [-0.3, -0.25) is 19.4 Å². The Kier molecular flexibility index (Phi) is 5.67. The number of aromatic amines is 1. The summed E-state index contributed by atoms with van der Waals surface area (Å²) in [6.45, 7) is 2.35. The number of aromatic nitrogens is 2. The number of nitrogens with zero attached hydrogens (tertiary/aromatic N) is 1. The standard InChI is InChI=1S/C18H23N3O4/c1-21-16(9-17(22)20-21)18(23)19-10-13-4-2-5-14(8-13)11-24-12-15-6-3-7-25-15/h2,4-5,8-9,15H,3,6-7,10-12H2,1H3,(H,19,23)(H,20,22). The molecule has 2 heterocycles. The van der Waals surface area contributed by atoms with Gasteiger partial charge in [0.15, 0.2) is 0 Å². The van der Waals surface area contributed by atoms with Gasteiger partial charge in [0.25, 0.3) is 11.5 Å². The normalized spacial score (nSPS) is 16.9. The first-order valence-electron chi connectivity index (χ1n) is 8.43. The van der Waals surface area contributed by atoms with Gasteiger partial charge in [0.2, 0.25) is 0 Å². The third-order valence-electron chi connectivity index (χ3n) is 4.18. The fourth-order valence-corrected chi connectivity index (χ4v) is 2.88. The number of nitrogens with one attached hydrogen (secondary N) is 2. The maximum absolute atomic E-state index is 12.1. The summed E-state index contributed by atoms with van der Waals surface area (Å²) in [5.74, 6) is -0.291. The van der Waals surface area contributed by atoms with Gasteiger partial charge in [-0.25, -0.2) is 0 Å². The van der Waals surface area contributed by atoms with E-state index in [0.29, 0.717) is 25.5 Å². The molecule has 1 aromatic carbocycles. The quantitative estimate of drug-likeness (QED) is 0.793. The summed E-state index contributed by atoms with van der Waals surface area (Å²) in [5, 5.41) is 5.33. The van der Waals surface area contributed by atoms with E-state index in [2.05, 4.69) is 10.4 Å². The Morgan fingerprint density at radius 3 is 2.96 bits per heavy atom. The minimum atomic E-state index is -0.293. The van der Waals surface area contributed by atoms with Crippen LogP contribution >= 0.6 is 0 Å². The smallest absolute Gasteiger partial charge is 0.269 e. The van der Waals surface area contributed by atoms with E-state index in [-0.39, 0.29) is 17.6 Å². The predicted molar refractivity (Wildman–Crippen MR) is 92.3 cm³/mol. The van der Waals surface area contributed by atoms with Crippen molar-refractivity contribution in [3.05, 3.63) is 57.5 Å². The molecule has 1 saturated heterocycles. The highest BCUT2D eigenvalue weighted by molar-refractivity contribution is 5.92. The Labute approximate surface area is 145 Å². The Bertz CT molecular complexity index is 775. The Hall–Kier alpha value is -2.38. The number of benzene rings is 1. The molecule has 1 unspecified atom stereocenters. The van der Waals surface area contributed by atoms with E-state index < -0.39 is 0 Å². The van der Waals surface area contributed by atoms with Gasteiger partial charge >= 0.3 is 0 Å².